The number of carbonyl (C=O) groups excluding carboxylic acids is 1. The van der Waals surface area contributed by atoms with Gasteiger partial charge in [-0.3, -0.25) is 9.10 Å². The molecule has 0 spiro atoms. The molecule has 0 heterocycles. The Balaban J connectivity index is 1.78. The molecule has 1 amide bonds. The van der Waals surface area contributed by atoms with Gasteiger partial charge < -0.3 is 5.32 Å². The molecule has 0 saturated carbocycles. The van der Waals surface area contributed by atoms with Gasteiger partial charge in [0.2, 0.25) is 0 Å². The summed E-state index contributed by atoms with van der Waals surface area (Å²) in [5.74, 6) is -0.747. The Labute approximate surface area is 169 Å². The third kappa shape index (κ3) is 4.46. The number of hydrogen-bond donors (Lipinski definition) is 1. The number of sulfonamides is 1. The number of halogens is 1. The van der Waals surface area contributed by atoms with E-state index in [1.165, 1.54) is 29.6 Å². The van der Waals surface area contributed by atoms with Crippen molar-refractivity contribution < 1.29 is 17.6 Å². The van der Waals surface area contributed by atoms with Crippen molar-refractivity contribution in [2.45, 2.75) is 18.4 Å². The summed E-state index contributed by atoms with van der Waals surface area (Å²) in [7, 11) is -2.23. The van der Waals surface area contributed by atoms with Crippen molar-refractivity contribution >= 4 is 21.6 Å². The highest BCUT2D eigenvalue weighted by Gasteiger charge is 2.22. The molecule has 0 aliphatic carbocycles. The van der Waals surface area contributed by atoms with E-state index in [1.807, 2.05) is 0 Å². The van der Waals surface area contributed by atoms with Crippen LogP contribution in [0.5, 0.6) is 0 Å². The Bertz CT molecular complexity index is 1130. The summed E-state index contributed by atoms with van der Waals surface area (Å²) in [4.78, 5) is 12.6. The van der Waals surface area contributed by atoms with Crippen LogP contribution in [0.1, 0.15) is 21.5 Å². The standard InChI is InChI=1S/C22H21FN2O3S/c1-16-14-17(22(26)24-15-18-8-6-7-11-20(18)23)12-13-21(16)25(2)29(27,28)19-9-4-3-5-10-19/h3-14H,15H2,1-2H3,(H,24,26). The first-order chi connectivity index (χ1) is 13.8. The number of amides is 1. The van der Waals surface area contributed by atoms with Crippen LogP contribution < -0.4 is 9.62 Å². The Morgan fingerprint density at radius 3 is 2.31 bits per heavy atom. The van der Waals surface area contributed by atoms with Crippen molar-refractivity contribution in [1.29, 1.82) is 0 Å². The van der Waals surface area contributed by atoms with E-state index in [4.69, 9.17) is 0 Å². The Morgan fingerprint density at radius 1 is 1.00 bits per heavy atom. The van der Waals surface area contributed by atoms with E-state index >= 15 is 0 Å². The maximum atomic E-state index is 13.7. The Morgan fingerprint density at radius 2 is 1.66 bits per heavy atom. The number of aryl methyl sites for hydroxylation is 1. The highest BCUT2D eigenvalue weighted by Crippen LogP contribution is 2.26. The van der Waals surface area contributed by atoms with Crippen LogP contribution in [0.25, 0.3) is 0 Å². The summed E-state index contributed by atoms with van der Waals surface area (Å²) in [6.45, 7) is 1.80. The smallest absolute Gasteiger partial charge is 0.264 e. The van der Waals surface area contributed by atoms with Gasteiger partial charge in [0.15, 0.2) is 0 Å². The Kier molecular flexibility index (Phi) is 5.98. The van der Waals surface area contributed by atoms with E-state index in [2.05, 4.69) is 5.32 Å². The first-order valence-corrected chi connectivity index (χ1v) is 10.4. The molecule has 7 heteroatoms. The summed E-state index contributed by atoms with van der Waals surface area (Å²) in [6, 6.07) is 19.1. The van der Waals surface area contributed by atoms with Gasteiger partial charge in [0.1, 0.15) is 5.82 Å². The fourth-order valence-corrected chi connectivity index (χ4v) is 4.23. The summed E-state index contributed by atoms with van der Waals surface area (Å²) < 4.78 is 40.5. The zero-order chi connectivity index (χ0) is 21.0. The first-order valence-electron chi connectivity index (χ1n) is 8.97. The number of anilines is 1. The molecule has 0 fully saturated rings. The van der Waals surface area contributed by atoms with Crippen molar-refractivity contribution in [1.82, 2.24) is 5.32 Å². The van der Waals surface area contributed by atoms with Crippen LogP contribution in [0.4, 0.5) is 10.1 Å². The number of nitrogens with zero attached hydrogens (tertiary/aromatic N) is 1. The van der Waals surface area contributed by atoms with Gasteiger partial charge in [-0.2, -0.15) is 0 Å². The third-order valence-corrected chi connectivity index (χ3v) is 6.38. The highest BCUT2D eigenvalue weighted by molar-refractivity contribution is 7.92. The van der Waals surface area contributed by atoms with Crippen LogP contribution in [-0.2, 0) is 16.6 Å². The molecule has 3 rings (SSSR count). The maximum Gasteiger partial charge on any atom is 0.264 e. The molecule has 150 valence electrons. The van der Waals surface area contributed by atoms with Crippen molar-refractivity contribution in [2.75, 3.05) is 11.4 Å². The second-order valence-electron chi connectivity index (χ2n) is 6.56. The van der Waals surface area contributed by atoms with Crippen molar-refractivity contribution in [3.63, 3.8) is 0 Å². The molecule has 0 aromatic heterocycles. The fraction of sp³-hybridized carbons (Fsp3) is 0.136. The Hall–Kier alpha value is -3.19. The molecule has 3 aromatic carbocycles. The third-order valence-electron chi connectivity index (χ3n) is 4.60. The van der Waals surface area contributed by atoms with Gasteiger partial charge in [0.25, 0.3) is 15.9 Å². The van der Waals surface area contributed by atoms with E-state index in [9.17, 15) is 17.6 Å². The molecule has 0 atom stereocenters. The lowest BCUT2D eigenvalue weighted by atomic mass is 10.1. The minimum atomic E-state index is -3.71. The van der Waals surface area contributed by atoms with E-state index in [0.717, 1.165) is 0 Å². The zero-order valence-electron chi connectivity index (χ0n) is 16.1. The van der Waals surface area contributed by atoms with Gasteiger partial charge in [-0.15, -0.1) is 0 Å². The number of nitrogens with one attached hydrogen (secondary N) is 1. The monoisotopic (exact) mass is 412 g/mol. The van der Waals surface area contributed by atoms with Gasteiger partial charge in [-0.05, 0) is 48.9 Å². The molecular formula is C22H21FN2O3S. The average Bonchev–Trinajstić information content (AvgIpc) is 2.73. The molecule has 0 aliphatic rings. The second kappa shape index (κ2) is 8.45. The summed E-state index contributed by atoms with van der Waals surface area (Å²) in [6.07, 6.45) is 0. The predicted molar refractivity (Wildman–Crippen MR) is 111 cm³/mol. The van der Waals surface area contributed by atoms with Gasteiger partial charge in [0, 0.05) is 24.7 Å². The maximum absolute atomic E-state index is 13.7. The lowest BCUT2D eigenvalue weighted by Gasteiger charge is -2.22. The van der Waals surface area contributed by atoms with Crippen molar-refractivity contribution in [2.24, 2.45) is 0 Å². The molecule has 5 nitrogen and oxygen atoms in total. The number of benzene rings is 3. The molecule has 1 N–H and O–H groups in total. The topological polar surface area (TPSA) is 66.5 Å². The van der Waals surface area contributed by atoms with E-state index in [-0.39, 0.29) is 23.2 Å². The van der Waals surface area contributed by atoms with Crippen LogP contribution in [0.2, 0.25) is 0 Å². The first kappa shape index (κ1) is 20.5. The number of hydrogen-bond acceptors (Lipinski definition) is 3. The number of rotatable bonds is 6. The van der Waals surface area contributed by atoms with E-state index < -0.39 is 10.0 Å². The van der Waals surface area contributed by atoms with Crippen LogP contribution in [0.3, 0.4) is 0 Å². The quantitative estimate of drug-likeness (QED) is 0.668. The zero-order valence-corrected chi connectivity index (χ0v) is 16.9. The van der Waals surface area contributed by atoms with Crippen molar-refractivity contribution in [3.05, 3.63) is 95.3 Å². The summed E-state index contributed by atoms with van der Waals surface area (Å²) in [5, 5.41) is 2.68. The van der Waals surface area contributed by atoms with Crippen LogP contribution >= 0.6 is 0 Å². The van der Waals surface area contributed by atoms with Crippen molar-refractivity contribution in [3.8, 4) is 0 Å². The van der Waals surface area contributed by atoms with Crippen LogP contribution in [0.15, 0.2) is 77.7 Å². The van der Waals surface area contributed by atoms with Gasteiger partial charge in [0.05, 0.1) is 10.6 Å². The molecule has 0 aliphatic heterocycles. The molecule has 0 radical (unpaired) electrons. The minimum absolute atomic E-state index is 0.0641. The average molecular weight is 412 g/mol. The molecule has 0 unspecified atom stereocenters. The van der Waals surface area contributed by atoms with Gasteiger partial charge in [-0.1, -0.05) is 36.4 Å². The van der Waals surface area contributed by atoms with Gasteiger partial charge >= 0.3 is 0 Å². The lowest BCUT2D eigenvalue weighted by molar-refractivity contribution is 0.0950. The minimum Gasteiger partial charge on any atom is -0.348 e. The molecule has 29 heavy (non-hydrogen) atoms. The largest absolute Gasteiger partial charge is 0.348 e. The fourth-order valence-electron chi connectivity index (χ4n) is 2.95. The molecular weight excluding hydrogens is 391 g/mol. The molecule has 3 aromatic rings. The van der Waals surface area contributed by atoms with E-state index in [0.29, 0.717) is 22.4 Å². The van der Waals surface area contributed by atoms with E-state index in [1.54, 1.807) is 61.5 Å². The normalized spacial score (nSPS) is 11.1. The second-order valence-corrected chi connectivity index (χ2v) is 8.53. The summed E-state index contributed by atoms with van der Waals surface area (Å²) in [5.41, 5.74) is 1.86. The number of carbonyl (C=O) groups is 1. The van der Waals surface area contributed by atoms with Crippen LogP contribution in [0, 0.1) is 12.7 Å². The van der Waals surface area contributed by atoms with Gasteiger partial charge in [-0.25, -0.2) is 12.8 Å². The summed E-state index contributed by atoms with van der Waals surface area (Å²) >= 11 is 0. The molecule has 0 bridgehead atoms. The molecule has 0 saturated heterocycles. The SMILES string of the molecule is Cc1cc(C(=O)NCc2ccccc2F)ccc1N(C)S(=O)(=O)c1ccccc1. The lowest BCUT2D eigenvalue weighted by Crippen LogP contribution is -2.28. The predicted octanol–water partition coefficient (Wildman–Crippen LogP) is 3.89. The highest BCUT2D eigenvalue weighted by atomic mass is 32.2. The van der Waals surface area contributed by atoms with Crippen LogP contribution in [-0.4, -0.2) is 21.4 Å².